The fraction of sp³-hybridized carbons (Fsp3) is 0.222. The minimum atomic E-state index is -0.537. The van der Waals surface area contributed by atoms with Crippen LogP contribution in [0, 0.1) is 5.92 Å². The molecule has 1 heterocycles. The Balaban J connectivity index is 2.07. The molecule has 21 heavy (non-hydrogen) atoms. The molecule has 2 aliphatic rings. The Labute approximate surface area is 123 Å². The van der Waals surface area contributed by atoms with Gasteiger partial charge in [0, 0.05) is 12.6 Å². The smallest absolute Gasteiger partial charge is 0.234 e. The van der Waals surface area contributed by atoms with E-state index < -0.39 is 11.5 Å². The van der Waals surface area contributed by atoms with Gasteiger partial charge in [0.1, 0.15) is 5.92 Å². The Morgan fingerprint density at radius 1 is 1.00 bits per heavy atom. The Bertz CT molecular complexity index is 753. The molecule has 1 aliphatic heterocycles. The van der Waals surface area contributed by atoms with E-state index in [9.17, 15) is 9.59 Å². The highest BCUT2D eigenvalue weighted by molar-refractivity contribution is 6.14. The topological polar surface area (TPSA) is 37.4 Å². The minimum Gasteiger partial charge on any atom is -0.331 e. The molecule has 3 nitrogen and oxygen atoms in total. The van der Waals surface area contributed by atoms with Crippen molar-refractivity contribution in [3.05, 3.63) is 71.3 Å². The molecule has 2 aromatic carbocycles. The monoisotopic (exact) mass is 277 g/mol. The number of fused-ring (bicyclic) bond motifs is 4. The lowest BCUT2D eigenvalue weighted by Crippen LogP contribution is -2.42. The lowest BCUT2D eigenvalue weighted by molar-refractivity contribution is -0.130. The van der Waals surface area contributed by atoms with Crippen LogP contribution in [0.4, 0.5) is 0 Å². The van der Waals surface area contributed by atoms with Gasteiger partial charge in [-0.3, -0.25) is 9.59 Å². The number of hydrogen-bond acceptors (Lipinski definition) is 2. The number of carbonyl (C=O) groups excluding carboxylic acids is 2. The molecule has 0 saturated carbocycles. The number of ketones is 1. The molecular formula is C18H15NO2. The Morgan fingerprint density at radius 2 is 1.67 bits per heavy atom. The predicted molar refractivity (Wildman–Crippen MR) is 78.9 cm³/mol. The Morgan fingerprint density at radius 3 is 2.43 bits per heavy atom. The van der Waals surface area contributed by atoms with E-state index in [1.165, 1.54) is 0 Å². The first kappa shape index (κ1) is 12.3. The third-order valence-corrected chi connectivity index (χ3v) is 4.91. The summed E-state index contributed by atoms with van der Waals surface area (Å²) in [6.45, 7) is 0. The zero-order chi connectivity index (χ0) is 14.6. The van der Waals surface area contributed by atoms with Crippen LogP contribution in [-0.2, 0) is 10.3 Å². The van der Waals surface area contributed by atoms with Gasteiger partial charge in [0.25, 0.3) is 0 Å². The number of Topliss-reactive ketones (excluding diaryl/α,β-unsaturated/α-hetero) is 1. The van der Waals surface area contributed by atoms with E-state index >= 15 is 0 Å². The number of rotatable bonds is 1. The fourth-order valence-corrected chi connectivity index (χ4v) is 3.86. The summed E-state index contributed by atoms with van der Waals surface area (Å²) in [5, 5.41) is 0. The van der Waals surface area contributed by atoms with Gasteiger partial charge in [0.2, 0.25) is 5.91 Å². The Hall–Kier alpha value is -2.42. The molecule has 1 saturated heterocycles. The maximum Gasteiger partial charge on any atom is 0.234 e. The molecule has 104 valence electrons. The van der Waals surface area contributed by atoms with Crippen LogP contribution in [0.3, 0.4) is 0 Å². The van der Waals surface area contributed by atoms with Gasteiger partial charge < -0.3 is 4.90 Å². The summed E-state index contributed by atoms with van der Waals surface area (Å²) in [7, 11) is 1.81. The van der Waals surface area contributed by atoms with Crippen LogP contribution in [0.25, 0.3) is 0 Å². The third kappa shape index (κ3) is 1.38. The molecule has 3 heteroatoms. The van der Waals surface area contributed by atoms with Crippen LogP contribution >= 0.6 is 0 Å². The van der Waals surface area contributed by atoms with Crippen LogP contribution < -0.4 is 0 Å². The van der Waals surface area contributed by atoms with Crippen molar-refractivity contribution in [1.29, 1.82) is 0 Å². The molecule has 0 spiro atoms. The molecule has 2 aromatic rings. The lowest BCUT2D eigenvalue weighted by Gasteiger charge is -2.39. The first-order chi connectivity index (χ1) is 10.2. The normalized spacial score (nSPS) is 26.9. The SMILES string of the molecule is CN1C(=O)C2CC1(c1ccccc1)c1ccccc1C2=O. The summed E-state index contributed by atoms with van der Waals surface area (Å²) in [4.78, 5) is 26.9. The molecule has 2 bridgehead atoms. The molecule has 1 amide bonds. The van der Waals surface area contributed by atoms with Gasteiger partial charge in [-0.25, -0.2) is 0 Å². The molecule has 2 unspecified atom stereocenters. The van der Waals surface area contributed by atoms with E-state index in [4.69, 9.17) is 0 Å². The zero-order valence-electron chi connectivity index (χ0n) is 11.7. The summed E-state index contributed by atoms with van der Waals surface area (Å²) in [6, 6.07) is 17.6. The Kier molecular flexibility index (Phi) is 2.37. The number of amides is 1. The second-order valence-electron chi connectivity index (χ2n) is 5.79. The highest BCUT2D eigenvalue weighted by Gasteiger charge is 2.58. The summed E-state index contributed by atoms with van der Waals surface area (Å²) >= 11 is 0. The molecular weight excluding hydrogens is 262 g/mol. The van der Waals surface area contributed by atoms with E-state index in [1.54, 1.807) is 4.90 Å². The number of carbonyl (C=O) groups is 2. The average molecular weight is 277 g/mol. The van der Waals surface area contributed by atoms with E-state index in [0.717, 1.165) is 11.1 Å². The van der Waals surface area contributed by atoms with Crippen LogP contribution in [-0.4, -0.2) is 23.6 Å². The van der Waals surface area contributed by atoms with Crippen molar-refractivity contribution in [2.45, 2.75) is 12.0 Å². The molecule has 0 N–H and O–H groups in total. The van der Waals surface area contributed by atoms with Gasteiger partial charge in [-0.1, -0.05) is 54.6 Å². The van der Waals surface area contributed by atoms with Crippen LogP contribution in [0.2, 0.25) is 0 Å². The van der Waals surface area contributed by atoms with Crippen molar-refractivity contribution >= 4 is 11.7 Å². The van der Waals surface area contributed by atoms with Crippen molar-refractivity contribution in [2.75, 3.05) is 7.05 Å². The zero-order valence-corrected chi connectivity index (χ0v) is 11.7. The number of likely N-dealkylation sites (tertiary alicyclic amines) is 1. The van der Waals surface area contributed by atoms with E-state index in [0.29, 0.717) is 12.0 Å². The molecule has 1 aliphatic carbocycles. The lowest BCUT2D eigenvalue weighted by atomic mass is 9.71. The number of benzene rings is 2. The van der Waals surface area contributed by atoms with Gasteiger partial charge in [-0.2, -0.15) is 0 Å². The largest absolute Gasteiger partial charge is 0.331 e. The van der Waals surface area contributed by atoms with Crippen LogP contribution in [0.5, 0.6) is 0 Å². The third-order valence-electron chi connectivity index (χ3n) is 4.91. The quantitative estimate of drug-likeness (QED) is 0.751. The fourth-order valence-electron chi connectivity index (χ4n) is 3.86. The van der Waals surface area contributed by atoms with Crippen molar-refractivity contribution in [1.82, 2.24) is 4.90 Å². The number of hydrogen-bond donors (Lipinski definition) is 0. The maximum atomic E-state index is 12.6. The van der Waals surface area contributed by atoms with Gasteiger partial charge >= 0.3 is 0 Å². The second kappa shape index (κ2) is 4.04. The first-order valence-corrected chi connectivity index (χ1v) is 7.13. The number of nitrogens with zero attached hydrogens (tertiary/aromatic N) is 1. The molecule has 1 fully saturated rings. The average Bonchev–Trinajstić information content (AvgIpc) is 2.78. The van der Waals surface area contributed by atoms with Gasteiger partial charge in [-0.15, -0.1) is 0 Å². The van der Waals surface area contributed by atoms with E-state index in [-0.39, 0.29) is 11.7 Å². The summed E-state index contributed by atoms with van der Waals surface area (Å²) < 4.78 is 0. The summed E-state index contributed by atoms with van der Waals surface area (Å²) in [5.41, 5.74) is 2.21. The van der Waals surface area contributed by atoms with Gasteiger partial charge in [-0.05, 0) is 17.5 Å². The molecule has 0 aromatic heterocycles. The van der Waals surface area contributed by atoms with Crippen LogP contribution in [0.1, 0.15) is 27.9 Å². The van der Waals surface area contributed by atoms with Crippen molar-refractivity contribution in [2.24, 2.45) is 5.92 Å². The van der Waals surface area contributed by atoms with Crippen molar-refractivity contribution in [3.63, 3.8) is 0 Å². The molecule has 4 rings (SSSR count). The van der Waals surface area contributed by atoms with Crippen molar-refractivity contribution < 1.29 is 9.59 Å². The van der Waals surface area contributed by atoms with Gasteiger partial charge in [0.05, 0.1) is 5.54 Å². The first-order valence-electron chi connectivity index (χ1n) is 7.13. The maximum absolute atomic E-state index is 12.6. The van der Waals surface area contributed by atoms with Gasteiger partial charge in [0.15, 0.2) is 5.78 Å². The van der Waals surface area contributed by atoms with Crippen LogP contribution in [0.15, 0.2) is 54.6 Å². The van der Waals surface area contributed by atoms with E-state index in [2.05, 4.69) is 0 Å². The predicted octanol–water partition coefficient (Wildman–Crippen LogP) is 2.60. The summed E-state index contributed by atoms with van der Waals surface area (Å²) in [6.07, 6.45) is 0.544. The highest BCUT2D eigenvalue weighted by Crippen LogP contribution is 2.51. The molecule has 0 radical (unpaired) electrons. The summed E-state index contributed by atoms with van der Waals surface area (Å²) in [5.74, 6) is -0.642. The highest BCUT2D eigenvalue weighted by atomic mass is 16.2. The van der Waals surface area contributed by atoms with Crippen molar-refractivity contribution in [3.8, 4) is 0 Å². The minimum absolute atomic E-state index is 0.0356. The second-order valence-corrected chi connectivity index (χ2v) is 5.79. The van der Waals surface area contributed by atoms with E-state index in [1.807, 2.05) is 61.6 Å². The molecule has 2 atom stereocenters. The standard InChI is InChI=1S/C18H15NO2/c1-19-17(21)14-11-18(19,12-7-3-2-4-8-12)15-10-6-5-9-13(15)16(14)20/h2-10,14H,11H2,1H3.